The molecule has 10 heteroatoms. The van der Waals surface area contributed by atoms with Gasteiger partial charge in [-0.15, -0.1) is 0 Å². The van der Waals surface area contributed by atoms with E-state index in [0.717, 1.165) is 0 Å². The summed E-state index contributed by atoms with van der Waals surface area (Å²) in [6.45, 7) is 0. The average molecular weight is 400 g/mol. The van der Waals surface area contributed by atoms with Gasteiger partial charge in [-0.25, -0.2) is 13.8 Å². The molecule has 2 rings (SSSR count). The van der Waals surface area contributed by atoms with Crippen molar-refractivity contribution in [2.24, 2.45) is 0 Å². The Balaban J connectivity index is 0.00000144. The van der Waals surface area contributed by atoms with Gasteiger partial charge in [-0.3, -0.25) is 0 Å². The van der Waals surface area contributed by atoms with Crippen LogP contribution in [0.5, 0.6) is 0 Å². The van der Waals surface area contributed by atoms with Gasteiger partial charge in [0.05, 0.1) is 0 Å². The zero-order valence-electron chi connectivity index (χ0n) is 8.89. The van der Waals surface area contributed by atoms with Crippen molar-refractivity contribution in [3.05, 3.63) is 49.6 Å². The zero-order valence-corrected chi connectivity index (χ0v) is 13.1. The first-order valence-electron chi connectivity index (χ1n) is 4.38. The maximum atomic E-state index is 11.4. The largest absolute Gasteiger partial charge is 1.00 e. The van der Waals surface area contributed by atoms with E-state index in [0.29, 0.717) is 0 Å². The monoisotopic (exact) mass is 398 g/mol. The highest BCUT2D eigenvalue weighted by molar-refractivity contribution is 7.33. The van der Waals surface area contributed by atoms with Gasteiger partial charge < -0.3 is 34.0 Å². The Morgan fingerprint density at radius 2 is 1.33 bits per heavy atom. The average Bonchev–Trinajstić information content (AvgIpc) is 2.31. The number of aromatic nitrogens is 4. The number of rotatable bonds is 4. The molecule has 98 valence electrons. The van der Waals surface area contributed by atoms with E-state index in [4.69, 9.17) is 9.25 Å². The van der Waals surface area contributed by atoms with Gasteiger partial charge in [0.15, 0.2) is 0 Å². The maximum Gasteiger partial charge on any atom is 0.494 e. The molecular weight excluding hydrogens is 391 g/mol. The minimum absolute atomic E-state index is 0. The van der Waals surface area contributed by atoms with E-state index in [2.05, 4.69) is 9.97 Å². The topological polar surface area (TPSA) is 69.1 Å². The molecule has 0 spiro atoms. The second kappa shape index (κ2) is 8.96. The van der Waals surface area contributed by atoms with Crippen molar-refractivity contribution in [1.82, 2.24) is 9.97 Å². The first-order chi connectivity index (χ1) is 7.84. The molecule has 0 saturated carbocycles. The van der Waals surface area contributed by atoms with Crippen LogP contribution in [0.25, 0.3) is 0 Å². The van der Waals surface area contributed by atoms with Crippen molar-refractivity contribution in [3.63, 3.8) is 0 Å². The van der Waals surface area contributed by atoms with Crippen molar-refractivity contribution in [2.45, 2.75) is 0 Å². The summed E-state index contributed by atoms with van der Waals surface area (Å²) < 4.78 is 23.7. The van der Waals surface area contributed by atoms with E-state index in [1.54, 1.807) is 36.9 Å². The Hall–Kier alpha value is -1.05. The fraction of sp³-hybridized carbons (Fsp3) is 0. The fourth-order valence-electron chi connectivity index (χ4n) is 0.928. The third-order valence-corrected chi connectivity index (χ3v) is 2.25. The summed E-state index contributed by atoms with van der Waals surface area (Å²) in [5.74, 6) is 0. The minimum Gasteiger partial charge on any atom is -1.00 e. The molecule has 0 aliphatic carbocycles. The van der Waals surface area contributed by atoms with Gasteiger partial charge >= 0.3 is 20.9 Å². The predicted octanol–water partition coefficient (Wildman–Crippen LogP) is -6.99. The van der Waals surface area contributed by atoms with Gasteiger partial charge in [-0.05, 0) is 9.46 Å². The molecule has 0 aliphatic heterocycles. The SMILES string of the molecule is O=[PH](O[n+]1cccnc1)O[n+]1cccnc1.[Br-].[Br-]. The molecule has 0 saturated heterocycles. The van der Waals surface area contributed by atoms with E-state index in [1.165, 1.54) is 22.1 Å². The van der Waals surface area contributed by atoms with Crippen LogP contribution in [-0.2, 0) is 4.57 Å². The normalized spacial score (nSPS) is 8.94. The third-order valence-electron chi connectivity index (χ3n) is 1.53. The number of halogens is 2. The molecule has 0 aliphatic rings. The lowest BCUT2D eigenvalue weighted by Crippen LogP contribution is -3.00. The molecule has 2 aromatic rings. The van der Waals surface area contributed by atoms with Gasteiger partial charge in [0.1, 0.15) is 24.8 Å². The highest BCUT2D eigenvalue weighted by Gasteiger charge is 2.09. The quantitative estimate of drug-likeness (QED) is 0.377. The lowest BCUT2D eigenvalue weighted by atomic mass is 10.7. The van der Waals surface area contributed by atoms with Crippen LogP contribution in [0.3, 0.4) is 0 Å². The minimum atomic E-state index is -2.70. The Bertz CT molecular complexity index is 433. The molecule has 2 aromatic heterocycles. The maximum absolute atomic E-state index is 11.4. The Morgan fingerprint density at radius 1 is 0.889 bits per heavy atom. The fourth-order valence-corrected chi connectivity index (χ4v) is 1.52. The first-order valence-corrected chi connectivity index (χ1v) is 5.60. The van der Waals surface area contributed by atoms with Gasteiger partial charge in [0.25, 0.3) is 0 Å². The van der Waals surface area contributed by atoms with Crippen LogP contribution in [0, 0.1) is 0 Å². The third kappa shape index (κ3) is 5.52. The standard InChI is InChI=1S/C8H9N4O3P.2BrH/c13-16(14-11-5-1-3-9-7-11)15-12-6-2-4-10-8-12;;/h1-8,16H;2*1H/q+2;;/p-2. The van der Waals surface area contributed by atoms with E-state index in [1.807, 2.05) is 0 Å². The Labute approximate surface area is 125 Å². The van der Waals surface area contributed by atoms with Crippen LogP contribution in [-0.4, -0.2) is 9.97 Å². The summed E-state index contributed by atoms with van der Waals surface area (Å²) in [6.07, 6.45) is 9.03. The summed E-state index contributed by atoms with van der Waals surface area (Å²) in [5, 5.41) is 0. The Morgan fingerprint density at radius 3 is 1.67 bits per heavy atom. The zero-order chi connectivity index (χ0) is 11.2. The highest BCUT2D eigenvalue weighted by Crippen LogP contribution is 2.07. The van der Waals surface area contributed by atoms with Crippen molar-refractivity contribution in [2.75, 3.05) is 0 Å². The smallest absolute Gasteiger partial charge is 0.494 e. The summed E-state index contributed by atoms with van der Waals surface area (Å²) in [4.78, 5) is 7.57. The number of hydrogen-bond acceptors (Lipinski definition) is 5. The molecule has 0 radical (unpaired) electrons. The van der Waals surface area contributed by atoms with Crippen LogP contribution >= 0.6 is 8.25 Å². The molecule has 0 aromatic carbocycles. The molecular formula is C8H9Br2N4O3P. The molecule has 0 amide bonds. The van der Waals surface area contributed by atoms with Crippen LogP contribution in [0.2, 0.25) is 0 Å². The molecule has 2 heterocycles. The van der Waals surface area contributed by atoms with Crippen LogP contribution in [0.15, 0.2) is 49.6 Å². The molecule has 0 fully saturated rings. The van der Waals surface area contributed by atoms with E-state index < -0.39 is 8.25 Å². The van der Waals surface area contributed by atoms with Gasteiger partial charge in [0, 0.05) is 12.1 Å². The second-order valence-corrected chi connectivity index (χ2v) is 3.53. The van der Waals surface area contributed by atoms with E-state index in [9.17, 15) is 4.57 Å². The van der Waals surface area contributed by atoms with Crippen molar-refractivity contribution < 1.29 is 57.2 Å². The molecule has 0 N–H and O–H groups in total. The van der Waals surface area contributed by atoms with Crippen LogP contribution < -0.4 is 52.7 Å². The summed E-state index contributed by atoms with van der Waals surface area (Å²) in [7, 11) is -2.70. The molecule has 0 bridgehead atoms. The highest BCUT2D eigenvalue weighted by atomic mass is 79.9. The molecule has 0 atom stereocenters. The van der Waals surface area contributed by atoms with Crippen molar-refractivity contribution in [3.8, 4) is 0 Å². The lowest BCUT2D eigenvalue weighted by molar-refractivity contribution is -0.885. The van der Waals surface area contributed by atoms with Gasteiger partial charge in [-0.2, -0.15) is 0 Å². The summed E-state index contributed by atoms with van der Waals surface area (Å²) in [6, 6.07) is 3.29. The molecule has 0 unspecified atom stereocenters. The molecule has 7 nitrogen and oxygen atoms in total. The first kappa shape index (κ1) is 16.9. The van der Waals surface area contributed by atoms with Gasteiger partial charge in [-0.1, -0.05) is 9.97 Å². The Kier molecular flexibility index (Phi) is 8.43. The van der Waals surface area contributed by atoms with Crippen molar-refractivity contribution in [1.29, 1.82) is 0 Å². The lowest BCUT2D eigenvalue weighted by Gasteiger charge is -1.99. The van der Waals surface area contributed by atoms with E-state index >= 15 is 0 Å². The second-order valence-electron chi connectivity index (χ2n) is 2.66. The van der Waals surface area contributed by atoms with Crippen LogP contribution in [0.4, 0.5) is 0 Å². The van der Waals surface area contributed by atoms with Crippen LogP contribution in [0.1, 0.15) is 0 Å². The summed E-state index contributed by atoms with van der Waals surface area (Å²) in [5.41, 5.74) is 0. The number of hydrogen-bond donors (Lipinski definition) is 0. The predicted molar refractivity (Wildman–Crippen MR) is 51.0 cm³/mol. The van der Waals surface area contributed by atoms with Crippen molar-refractivity contribution >= 4 is 8.25 Å². The van der Waals surface area contributed by atoms with E-state index in [-0.39, 0.29) is 34.0 Å². The number of nitrogens with zero attached hydrogens (tertiary/aromatic N) is 4. The van der Waals surface area contributed by atoms with Gasteiger partial charge in [0.2, 0.25) is 0 Å². The summed E-state index contributed by atoms with van der Waals surface area (Å²) >= 11 is 0. The molecule has 18 heavy (non-hydrogen) atoms.